The number of halogens is 1. The number of rotatable bonds is 4. The van der Waals surface area contributed by atoms with Gasteiger partial charge in [-0.3, -0.25) is 9.36 Å². The van der Waals surface area contributed by atoms with Gasteiger partial charge < -0.3 is 9.73 Å². The standard InChI is InChI=1S/C17H15FN2O3/c1-20-14-9-11(5-7-15(14)23-17(20)22)6-8-16(21)19-13-4-2-3-12(18)10-13/h2-5,7,9-10H,6,8H2,1H3,(H,19,21). The highest BCUT2D eigenvalue weighted by Crippen LogP contribution is 2.16. The van der Waals surface area contributed by atoms with Crippen LogP contribution in [0.1, 0.15) is 12.0 Å². The molecular formula is C17H15FN2O3. The smallest absolute Gasteiger partial charge is 0.408 e. The Hall–Kier alpha value is -2.89. The van der Waals surface area contributed by atoms with Crippen LogP contribution in [-0.2, 0) is 18.3 Å². The van der Waals surface area contributed by atoms with E-state index >= 15 is 0 Å². The number of nitrogens with one attached hydrogen (secondary N) is 1. The van der Waals surface area contributed by atoms with Crippen LogP contribution in [0.15, 0.2) is 51.7 Å². The van der Waals surface area contributed by atoms with Crippen molar-refractivity contribution >= 4 is 22.7 Å². The molecule has 0 fully saturated rings. The Morgan fingerprint density at radius 1 is 1.26 bits per heavy atom. The average molecular weight is 314 g/mol. The van der Waals surface area contributed by atoms with Crippen LogP contribution in [-0.4, -0.2) is 10.5 Å². The van der Waals surface area contributed by atoms with Gasteiger partial charge >= 0.3 is 5.76 Å². The number of anilines is 1. The molecule has 1 N–H and O–H groups in total. The van der Waals surface area contributed by atoms with Gasteiger partial charge in [0.15, 0.2) is 5.58 Å². The van der Waals surface area contributed by atoms with Crippen molar-refractivity contribution in [3.63, 3.8) is 0 Å². The van der Waals surface area contributed by atoms with Gasteiger partial charge in [-0.1, -0.05) is 12.1 Å². The fourth-order valence-electron chi connectivity index (χ4n) is 2.38. The minimum Gasteiger partial charge on any atom is -0.408 e. The van der Waals surface area contributed by atoms with Crippen molar-refractivity contribution in [3.05, 3.63) is 64.4 Å². The first kappa shape index (κ1) is 15.0. The highest BCUT2D eigenvalue weighted by molar-refractivity contribution is 5.90. The van der Waals surface area contributed by atoms with Gasteiger partial charge in [-0.05, 0) is 42.3 Å². The molecular weight excluding hydrogens is 299 g/mol. The Kier molecular flexibility index (Phi) is 3.97. The number of amides is 1. The fraction of sp³-hybridized carbons (Fsp3) is 0.176. The summed E-state index contributed by atoms with van der Waals surface area (Å²) < 4.78 is 19.6. The average Bonchev–Trinajstić information content (AvgIpc) is 2.80. The Labute approximate surface area is 131 Å². The predicted molar refractivity (Wildman–Crippen MR) is 84.8 cm³/mol. The minimum atomic E-state index is -0.416. The summed E-state index contributed by atoms with van der Waals surface area (Å²) >= 11 is 0. The third kappa shape index (κ3) is 3.31. The van der Waals surface area contributed by atoms with Crippen molar-refractivity contribution in [2.45, 2.75) is 12.8 Å². The lowest BCUT2D eigenvalue weighted by atomic mass is 10.1. The highest BCUT2D eigenvalue weighted by atomic mass is 19.1. The first-order valence-electron chi connectivity index (χ1n) is 7.17. The number of carbonyl (C=O) groups is 1. The summed E-state index contributed by atoms with van der Waals surface area (Å²) in [7, 11) is 1.63. The molecule has 5 nitrogen and oxygen atoms in total. The number of hydrogen-bond acceptors (Lipinski definition) is 3. The van der Waals surface area contributed by atoms with Crippen LogP contribution >= 0.6 is 0 Å². The van der Waals surface area contributed by atoms with Gasteiger partial charge in [0.05, 0.1) is 5.52 Å². The Morgan fingerprint density at radius 3 is 2.87 bits per heavy atom. The summed E-state index contributed by atoms with van der Waals surface area (Å²) in [5.41, 5.74) is 2.56. The number of oxazole rings is 1. The molecule has 2 aromatic carbocycles. The molecule has 0 atom stereocenters. The predicted octanol–water partition coefficient (Wildman–Crippen LogP) is 2.84. The quantitative estimate of drug-likeness (QED) is 0.805. The Bertz CT molecular complexity index is 927. The van der Waals surface area contributed by atoms with E-state index in [9.17, 15) is 14.0 Å². The maximum atomic E-state index is 13.1. The maximum Gasteiger partial charge on any atom is 0.419 e. The molecule has 3 aromatic rings. The zero-order chi connectivity index (χ0) is 16.4. The van der Waals surface area contributed by atoms with Gasteiger partial charge in [-0.25, -0.2) is 9.18 Å². The molecule has 0 saturated carbocycles. The molecule has 1 amide bonds. The second-order valence-corrected chi connectivity index (χ2v) is 5.29. The normalized spacial score (nSPS) is 10.9. The van der Waals surface area contributed by atoms with E-state index in [0.717, 1.165) is 5.56 Å². The lowest BCUT2D eigenvalue weighted by Crippen LogP contribution is -2.12. The van der Waals surface area contributed by atoms with Crippen molar-refractivity contribution < 1.29 is 13.6 Å². The fourth-order valence-corrected chi connectivity index (χ4v) is 2.38. The molecule has 0 aliphatic heterocycles. The molecule has 0 aliphatic carbocycles. The molecule has 0 aliphatic rings. The summed E-state index contributed by atoms with van der Waals surface area (Å²) in [6.45, 7) is 0. The van der Waals surface area contributed by atoms with Gasteiger partial charge in [0.1, 0.15) is 5.82 Å². The molecule has 0 bridgehead atoms. The maximum absolute atomic E-state index is 13.1. The summed E-state index contributed by atoms with van der Waals surface area (Å²) in [4.78, 5) is 23.4. The van der Waals surface area contributed by atoms with Crippen molar-refractivity contribution in [3.8, 4) is 0 Å². The van der Waals surface area contributed by atoms with Crippen molar-refractivity contribution in [1.82, 2.24) is 4.57 Å². The number of hydrogen-bond donors (Lipinski definition) is 1. The molecule has 0 spiro atoms. The van der Waals surface area contributed by atoms with Crippen LogP contribution in [0.4, 0.5) is 10.1 Å². The summed E-state index contributed by atoms with van der Waals surface area (Å²) in [5.74, 6) is -1.01. The number of benzene rings is 2. The third-order valence-electron chi connectivity index (χ3n) is 3.60. The zero-order valence-electron chi connectivity index (χ0n) is 12.5. The van der Waals surface area contributed by atoms with Crippen LogP contribution < -0.4 is 11.1 Å². The molecule has 6 heteroatoms. The number of fused-ring (bicyclic) bond motifs is 1. The minimum absolute atomic E-state index is 0.197. The molecule has 3 rings (SSSR count). The van der Waals surface area contributed by atoms with E-state index in [1.165, 1.54) is 22.8 Å². The van der Waals surface area contributed by atoms with Crippen LogP contribution in [0.5, 0.6) is 0 Å². The molecule has 0 radical (unpaired) electrons. The van der Waals surface area contributed by atoms with E-state index in [-0.39, 0.29) is 12.3 Å². The van der Waals surface area contributed by atoms with Crippen molar-refractivity contribution in [2.24, 2.45) is 7.05 Å². The van der Waals surface area contributed by atoms with Gasteiger partial charge in [0, 0.05) is 19.2 Å². The molecule has 1 aromatic heterocycles. The van der Waals surface area contributed by atoms with E-state index < -0.39 is 11.6 Å². The van der Waals surface area contributed by atoms with E-state index in [4.69, 9.17) is 4.42 Å². The first-order valence-corrected chi connectivity index (χ1v) is 7.17. The topological polar surface area (TPSA) is 64.2 Å². The van der Waals surface area contributed by atoms with Gasteiger partial charge in [-0.15, -0.1) is 0 Å². The number of nitrogens with zero attached hydrogens (tertiary/aromatic N) is 1. The van der Waals surface area contributed by atoms with Crippen molar-refractivity contribution in [2.75, 3.05) is 5.32 Å². The van der Waals surface area contributed by atoms with E-state index in [0.29, 0.717) is 23.2 Å². The number of aryl methyl sites for hydroxylation is 2. The van der Waals surface area contributed by atoms with Gasteiger partial charge in [-0.2, -0.15) is 0 Å². The summed E-state index contributed by atoms with van der Waals surface area (Å²) in [5, 5.41) is 2.65. The van der Waals surface area contributed by atoms with Crippen LogP contribution in [0, 0.1) is 5.82 Å². The Morgan fingerprint density at radius 2 is 2.09 bits per heavy atom. The second kappa shape index (κ2) is 6.08. The number of carbonyl (C=O) groups excluding carboxylic acids is 1. The van der Waals surface area contributed by atoms with Gasteiger partial charge in [0.25, 0.3) is 0 Å². The summed E-state index contributed by atoms with van der Waals surface area (Å²) in [6, 6.07) is 11.1. The molecule has 23 heavy (non-hydrogen) atoms. The zero-order valence-corrected chi connectivity index (χ0v) is 12.5. The third-order valence-corrected chi connectivity index (χ3v) is 3.60. The first-order chi connectivity index (χ1) is 11.0. The number of aromatic nitrogens is 1. The molecule has 0 unspecified atom stereocenters. The van der Waals surface area contributed by atoms with Gasteiger partial charge in [0.2, 0.25) is 5.91 Å². The molecule has 118 valence electrons. The van der Waals surface area contributed by atoms with E-state index in [1.54, 1.807) is 19.2 Å². The lowest BCUT2D eigenvalue weighted by Gasteiger charge is -2.05. The highest BCUT2D eigenvalue weighted by Gasteiger charge is 2.08. The van der Waals surface area contributed by atoms with E-state index in [1.807, 2.05) is 12.1 Å². The van der Waals surface area contributed by atoms with E-state index in [2.05, 4.69) is 5.32 Å². The Balaban J connectivity index is 1.67. The van der Waals surface area contributed by atoms with Crippen molar-refractivity contribution in [1.29, 1.82) is 0 Å². The monoisotopic (exact) mass is 314 g/mol. The van der Waals surface area contributed by atoms with Crippen LogP contribution in [0.3, 0.4) is 0 Å². The van der Waals surface area contributed by atoms with Crippen LogP contribution in [0.2, 0.25) is 0 Å². The second-order valence-electron chi connectivity index (χ2n) is 5.29. The lowest BCUT2D eigenvalue weighted by molar-refractivity contribution is -0.116. The summed E-state index contributed by atoms with van der Waals surface area (Å²) in [6.07, 6.45) is 0.768. The molecule has 1 heterocycles. The largest absolute Gasteiger partial charge is 0.419 e. The molecule has 0 saturated heterocycles. The SMILES string of the molecule is Cn1c(=O)oc2ccc(CCC(=O)Nc3cccc(F)c3)cc21. The van der Waals surface area contributed by atoms with Crippen LogP contribution in [0.25, 0.3) is 11.1 Å².